The third-order valence-corrected chi connectivity index (χ3v) is 7.51. The number of carbonyl (C=O) groups is 3. The van der Waals surface area contributed by atoms with Gasteiger partial charge in [-0.3, -0.25) is 14.5 Å². The Bertz CT molecular complexity index is 1070. The number of anilines is 1. The molecule has 7 nitrogen and oxygen atoms in total. The molecular formula is C25H28ClN3O4. The first-order valence-electron chi connectivity index (χ1n) is 11.1. The van der Waals surface area contributed by atoms with Gasteiger partial charge in [-0.2, -0.15) is 0 Å². The van der Waals surface area contributed by atoms with Gasteiger partial charge in [0.05, 0.1) is 0 Å². The van der Waals surface area contributed by atoms with Gasteiger partial charge in [-0.05, 0) is 54.8 Å². The lowest BCUT2D eigenvalue weighted by Crippen LogP contribution is -2.66. The summed E-state index contributed by atoms with van der Waals surface area (Å²) in [6.45, 7) is 3.18. The molecule has 2 N–H and O–H groups in total. The minimum Gasteiger partial charge on any atom is -0.465 e. The molecule has 2 heterocycles. The van der Waals surface area contributed by atoms with Crippen molar-refractivity contribution in [1.29, 1.82) is 0 Å². The van der Waals surface area contributed by atoms with Crippen molar-refractivity contribution < 1.29 is 19.5 Å². The molecule has 2 saturated heterocycles. The average molecular weight is 470 g/mol. The lowest BCUT2D eigenvalue weighted by atomic mass is 9.64. The number of carboxylic acid groups (broad SMARTS) is 1. The maximum Gasteiger partial charge on any atom is 0.407 e. The summed E-state index contributed by atoms with van der Waals surface area (Å²) < 4.78 is 0. The molecule has 0 aromatic heterocycles. The summed E-state index contributed by atoms with van der Waals surface area (Å²) in [5.74, 6) is -0.205. The van der Waals surface area contributed by atoms with E-state index in [2.05, 4.69) is 5.32 Å². The molecule has 0 radical (unpaired) electrons. The predicted molar refractivity (Wildman–Crippen MR) is 127 cm³/mol. The van der Waals surface area contributed by atoms with Gasteiger partial charge >= 0.3 is 6.09 Å². The number of hydrogen-bond donors (Lipinski definition) is 2. The van der Waals surface area contributed by atoms with Crippen LogP contribution < -0.4 is 10.2 Å². The van der Waals surface area contributed by atoms with Crippen LogP contribution in [0.1, 0.15) is 42.1 Å². The minimum absolute atomic E-state index is 0.0812. The van der Waals surface area contributed by atoms with E-state index in [0.29, 0.717) is 30.1 Å². The van der Waals surface area contributed by atoms with E-state index in [1.54, 1.807) is 41.3 Å². The van der Waals surface area contributed by atoms with Crippen LogP contribution in [0.5, 0.6) is 0 Å². The van der Waals surface area contributed by atoms with Crippen LogP contribution in [-0.2, 0) is 10.2 Å². The molecule has 2 aromatic rings. The number of piperidine rings is 1. The van der Waals surface area contributed by atoms with E-state index in [4.69, 9.17) is 11.6 Å². The fourth-order valence-corrected chi connectivity index (χ4v) is 5.36. The van der Waals surface area contributed by atoms with Crippen molar-refractivity contribution in [3.63, 3.8) is 0 Å². The summed E-state index contributed by atoms with van der Waals surface area (Å²) in [6.07, 6.45) is 1.19. The van der Waals surface area contributed by atoms with Gasteiger partial charge in [-0.1, -0.05) is 30.7 Å². The Morgan fingerprint density at radius 3 is 2.33 bits per heavy atom. The fourth-order valence-electron chi connectivity index (χ4n) is 5.24. The largest absolute Gasteiger partial charge is 0.465 e. The number of Topliss-reactive ketones (excluding diaryl/α,β-unsaturated/α-hetero) is 1. The van der Waals surface area contributed by atoms with Crippen molar-refractivity contribution in [1.82, 2.24) is 10.2 Å². The number of nitrogens with zero attached hydrogens (tertiary/aromatic N) is 2. The molecule has 0 spiro atoms. The number of rotatable bonds is 5. The van der Waals surface area contributed by atoms with Crippen molar-refractivity contribution in [2.75, 3.05) is 31.6 Å². The number of carbonyl (C=O) groups excluding carboxylic acids is 2. The van der Waals surface area contributed by atoms with Crippen LogP contribution in [-0.4, -0.2) is 60.0 Å². The number of ketones is 1. The highest BCUT2D eigenvalue weighted by Crippen LogP contribution is 2.44. The standard InChI is InChI=1S/C25H28ClN3O4/c1-24(18-8-10-19(26)11-9-18)15-27-16-25(24,28(2)23(32)33)22(31)17-6-12-20(13-7-17)29-14-4-3-5-21(29)30/h6-13,27H,3-5,14-16H2,1-2H3,(H,32,33)/t24-,25-/m0/s1. The van der Waals surface area contributed by atoms with Crippen LogP contribution >= 0.6 is 11.6 Å². The zero-order chi connectivity index (χ0) is 23.8. The highest BCUT2D eigenvalue weighted by Gasteiger charge is 2.61. The monoisotopic (exact) mass is 469 g/mol. The number of benzene rings is 2. The summed E-state index contributed by atoms with van der Waals surface area (Å²) in [4.78, 5) is 41.4. The van der Waals surface area contributed by atoms with Crippen molar-refractivity contribution in [2.45, 2.75) is 37.1 Å². The van der Waals surface area contributed by atoms with Crippen molar-refractivity contribution >= 4 is 35.1 Å². The molecule has 2 aliphatic rings. The van der Waals surface area contributed by atoms with Crippen LogP contribution in [0, 0.1) is 0 Å². The van der Waals surface area contributed by atoms with Crippen molar-refractivity contribution in [3.8, 4) is 0 Å². The summed E-state index contributed by atoms with van der Waals surface area (Å²) in [6, 6.07) is 14.1. The van der Waals surface area contributed by atoms with Crippen LogP contribution in [0.25, 0.3) is 0 Å². The minimum atomic E-state index is -1.37. The molecule has 8 heteroatoms. The van der Waals surface area contributed by atoms with Gasteiger partial charge in [-0.15, -0.1) is 0 Å². The molecule has 0 bridgehead atoms. The number of likely N-dealkylation sites (N-methyl/N-ethyl adjacent to an activating group) is 1. The summed E-state index contributed by atoms with van der Waals surface area (Å²) in [7, 11) is 1.45. The number of nitrogens with one attached hydrogen (secondary N) is 1. The summed E-state index contributed by atoms with van der Waals surface area (Å²) >= 11 is 6.08. The normalized spacial score (nSPS) is 25.2. The van der Waals surface area contributed by atoms with Crippen LogP contribution in [0.2, 0.25) is 5.02 Å². The second kappa shape index (κ2) is 8.80. The third kappa shape index (κ3) is 3.79. The molecule has 174 valence electrons. The SMILES string of the molecule is CN(C(=O)O)[C@]1(C(=O)c2ccc(N3CCCCC3=O)cc2)CNC[C@@]1(C)c1ccc(Cl)cc1. The van der Waals surface area contributed by atoms with E-state index in [0.717, 1.165) is 29.0 Å². The number of hydrogen-bond acceptors (Lipinski definition) is 4. The Kier molecular flexibility index (Phi) is 6.20. The second-order valence-corrected chi connectivity index (χ2v) is 9.46. The molecule has 2 aromatic carbocycles. The van der Waals surface area contributed by atoms with Crippen LogP contribution in [0.15, 0.2) is 48.5 Å². The summed E-state index contributed by atoms with van der Waals surface area (Å²) in [5.41, 5.74) is -0.214. The Labute approximate surface area is 198 Å². The molecule has 2 aliphatic heterocycles. The Balaban J connectivity index is 1.76. The molecule has 2 atom stereocenters. The van der Waals surface area contributed by atoms with Gasteiger partial charge in [0.1, 0.15) is 5.54 Å². The van der Waals surface area contributed by atoms with E-state index < -0.39 is 17.0 Å². The van der Waals surface area contributed by atoms with Gasteiger partial charge in [0.2, 0.25) is 5.91 Å². The van der Waals surface area contributed by atoms with E-state index in [-0.39, 0.29) is 18.2 Å². The highest BCUT2D eigenvalue weighted by molar-refractivity contribution is 6.30. The lowest BCUT2D eigenvalue weighted by Gasteiger charge is -2.46. The Hall–Kier alpha value is -2.90. The maximum atomic E-state index is 14.1. The average Bonchev–Trinajstić information content (AvgIpc) is 3.17. The fraction of sp³-hybridized carbons (Fsp3) is 0.400. The number of halogens is 1. The zero-order valence-electron chi connectivity index (χ0n) is 18.8. The van der Waals surface area contributed by atoms with Gasteiger partial charge in [0.15, 0.2) is 5.78 Å². The molecule has 4 rings (SSSR count). The topological polar surface area (TPSA) is 90.0 Å². The highest BCUT2D eigenvalue weighted by atomic mass is 35.5. The molecule has 2 amide bonds. The lowest BCUT2D eigenvalue weighted by molar-refractivity contribution is -0.119. The van der Waals surface area contributed by atoms with Gasteiger partial charge < -0.3 is 15.3 Å². The van der Waals surface area contributed by atoms with Crippen molar-refractivity contribution in [2.24, 2.45) is 0 Å². The van der Waals surface area contributed by atoms with E-state index in [1.165, 1.54) is 7.05 Å². The molecule has 0 aliphatic carbocycles. The molecule has 2 fully saturated rings. The summed E-state index contributed by atoms with van der Waals surface area (Å²) in [5, 5.41) is 13.8. The van der Waals surface area contributed by atoms with E-state index in [1.807, 2.05) is 19.1 Å². The smallest absolute Gasteiger partial charge is 0.407 e. The van der Waals surface area contributed by atoms with E-state index >= 15 is 0 Å². The van der Waals surface area contributed by atoms with Crippen LogP contribution in [0.3, 0.4) is 0 Å². The number of amides is 2. The maximum absolute atomic E-state index is 14.1. The predicted octanol–water partition coefficient (Wildman–Crippen LogP) is 3.95. The van der Waals surface area contributed by atoms with Gasteiger partial charge in [0, 0.05) is 54.8 Å². The molecule has 0 unspecified atom stereocenters. The van der Waals surface area contributed by atoms with E-state index in [9.17, 15) is 19.5 Å². The van der Waals surface area contributed by atoms with Crippen molar-refractivity contribution in [3.05, 3.63) is 64.7 Å². The first kappa shape index (κ1) is 23.3. The Morgan fingerprint density at radius 1 is 1.06 bits per heavy atom. The van der Waals surface area contributed by atoms with Crippen LogP contribution in [0.4, 0.5) is 10.5 Å². The van der Waals surface area contributed by atoms with Gasteiger partial charge in [-0.25, -0.2) is 4.79 Å². The molecule has 33 heavy (non-hydrogen) atoms. The first-order valence-corrected chi connectivity index (χ1v) is 11.5. The quantitative estimate of drug-likeness (QED) is 0.647. The zero-order valence-corrected chi connectivity index (χ0v) is 19.6. The molecular weight excluding hydrogens is 442 g/mol. The second-order valence-electron chi connectivity index (χ2n) is 9.02. The third-order valence-electron chi connectivity index (χ3n) is 7.25. The first-order chi connectivity index (χ1) is 15.7. The molecule has 0 saturated carbocycles. The Morgan fingerprint density at radius 2 is 1.73 bits per heavy atom. The van der Waals surface area contributed by atoms with Gasteiger partial charge in [0.25, 0.3) is 0 Å².